The lowest BCUT2D eigenvalue weighted by molar-refractivity contribution is -0.174. The van der Waals surface area contributed by atoms with E-state index in [2.05, 4.69) is 0 Å². The first-order valence-electron chi connectivity index (χ1n) is 5.52. The van der Waals surface area contributed by atoms with E-state index in [1.807, 2.05) is 6.07 Å². The van der Waals surface area contributed by atoms with E-state index in [1.165, 1.54) is 0 Å². The number of hydrogen-bond donors (Lipinski definition) is 2. The monoisotopic (exact) mass is 277 g/mol. The molecule has 7 heteroatoms. The fraction of sp³-hybridized carbons (Fsp3) is 0.417. The summed E-state index contributed by atoms with van der Waals surface area (Å²) < 4.78 is 40.9. The van der Waals surface area contributed by atoms with Crippen LogP contribution in [0.3, 0.4) is 0 Å². The van der Waals surface area contributed by atoms with Crippen molar-refractivity contribution in [3.8, 4) is 5.75 Å². The average molecular weight is 277 g/mol. The molecule has 1 amide bonds. The third-order valence-corrected chi connectivity index (χ3v) is 2.28. The minimum Gasteiger partial charge on any atom is -0.491 e. The molecule has 1 atom stereocenters. The number of amides is 1. The van der Waals surface area contributed by atoms with E-state index in [0.717, 1.165) is 5.56 Å². The van der Waals surface area contributed by atoms with Crippen molar-refractivity contribution in [1.82, 2.24) is 5.32 Å². The fourth-order valence-electron chi connectivity index (χ4n) is 1.27. The Morgan fingerprint density at radius 2 is 2.05 bits per heavy atom. The largest absolute Gasteiger partial charge is 0.491 e. The number of nitrogens with one attached hydrogen (secondary N) is 1. The summed E-state index contributed by atoms with van der Waals surface area (Å²) in [4.78, 5) is 10.5. The SMILES string of the molecule is Cc1ccccc1OCC(O)CNC(=O)C(F)(F)F. The van der Waals surface area contributed by atoms with Gasteiger partial charge >= 0.3 is 12.1 Å². The van der Waals surface area contributed by atoms with Gasteiger partial charge in [-0.05, 0) is 18.6 Å². The first-order valence-corrected chi connectivity index (χ1v) is 5.52. The van der Waals surface area contributed by atoms with Crippen LogP contribution in [0.25, 0.3) is 0 Å². The lowest BCUT2D eigenvalue weighted by atomic mass is 10.2. The molecule has 0 radical (unpaired) electrons. The van der Waals surface area contributed by atoms with Crippen molar-refractivity contribution in [2.75, 3.05) is 13.2 Å². The van der Waals surface area contributed by atoms with Gasteiger partial charge in [0, 0.05) is 6.54 Å². The Kier molecular flexibility index (Phi) is 5.17. The number of carbonyl (C=O) groups is 1. The van der Waals surface area contributed by atoms with Gasteiger partial charge in [0.25, 0.3) is 0 Å². The van der Waals surface area contributed by atoms with Crippen LogP contribution in [0.2, 0.25) is 0 Å². The number of carbonyl (C=O) groups excluding carboxylic acids is 1. The van der Waals surface area contributed by atoms with E-state index in [0.29, 0.717) is 5.75 Å². The Bertz CT molecular complexity index is 434. The van der Waals surface area contributed by atoms with Crippen LogP contribution >= 0.6 is 0 Å². The van der Waals surface area contributed by atoms with Crippen LogP contribution in [0, 0.1) is 6.92 Å². The number of aryl methyl sites for hydroxylation is 1. The molecule has 4 nitrogen and oxygen atoms in total. The molecule has 1 rings (SSSR count). The van der Waals surface area contributed by atoms with Crippen molar-refractivity contribution in [2.45, 2.75) is 19.2 Å². The molecular formula is C12H14F3NO3. The molecule has 19 heavy (non-hydrogen) atoms. The molecule has 0 aliphatic carbocycles. The highest BCUT2D eigenvalue weighted by atomic mass is 19.4. The zero-order chi connectivity index (χ0) is 14.5. The molecule has 0 aliphatic heterocycles. The highest BCUT2D eigenvalue weighted by Gasteiger charge is 2.38. The minimum atomic E-state index is -4.95. The van der Waals surface area contributed by atoms with Crippen LogP contribution in [-0.2, 0) is 4.79 Å². The third-order valence-electron chi connectivity index (χ3n) is 2.28. The van der Waals surface area contributed by atoms with Crippen LogP contribution in [0.5, 0.6) is 5.75 Å². The molecule has 106 valence electrons. The zero-order valence-corrected chi connectivity index (χ0v) is 10.2. The number of rotatable bonds is 5. The number of benzene rings is 1. The molecular weight excluding hydrogens is 263 g/mol. The predicted octanol–water partition coefficient (Wildman–Crippen LogP) is 1.41. The molecule has 0 spiro atoms. The summed E-state index contributed by atoms with van der Waals surface area (Å²) in [5.74, 6) is -1.55. The van der Waals surface area contributed by atoms with E-state index in [9.17, 15) is 23.1 Å². The van der Waals surface area contributed by atoms with Gasteiger partial charge in [-0.25, -0.2) is 0 Å². The summed E-state index contributed by atoms with van der Waals surface area (Å²) in [6.07, 6.45) is -6.16. The van der Waals surface area contributed by atoms with Crippen molar-refractivity contribution < 1.29 is 27.8 Å². The van der Waals surface area contributed by atoms with Crippen LogP contribution < -0.4 is 10.1 Å². The molecule has 0 saturated carbocycles. The van der Waals surface area contributed by atoms with Crippen LogP contribution in [0.1, 0.15) is 5.56 Å². The molecule has 0 aliphatic rings. The Hall–Kier alpha value is -1.76. The van der Waals surface area contributed by atoms with Gasteiger partial charge in [-0.1, -0.05) is 18.2 Å². The maximum Gasteiger partial charge on any atom is 0.471 e. The number of halogens is 3. The van der Waals surface area contributed by atoms with Gasteiger partial charge in [0.05, 0.1) is 0 Å². The van der Waals surface area contributed by atoms with E-state index in [4.69, 9.17) is 4.74 Å². The molecule has 1 unspecified atom stereocenters. The first-order chi connectivity index (χ1) is 8.80. The number of para-hydroxylation sites is 1. The first kappa shape index (κ1) is 15.3. The summed E-state index contributed by atoms with van der Waals surface area (Å²) in [5, 5.41) is 11.0. The summed E-state index contributed by atoms with van der Waals surface area (Å²) in [5.41, 5.74) is 0.842. The van der Waals surface area contributed by atoms with Gasteiger partial charge in [-0.15, -0.1) is 0 Å². The topological polar surface area (TPSA) is 58.6 Å². The number of aliphatic hydroxyl groups excluding tert-OH is 1. The second-order valence-corrected chi connectivity index (χ2v) is 3.94. The van der Waals surface area contributed by atoms with Crippen molar-refractivity contribution in [2.24, 2.45) is 0 Å². The molecule has 1 aromatic rings. The van der Waals surface area contributed by atoms with Crippen LogP contribution in [0.15, 0.2) is 24.3 Å². The zero-order valence-electron chi connectivity index (χ0n) is 10.2. The lowest BCUT2D eigenvalue weighted by Gasteiger charge is -2.15. The van der Waals surface area contributed by atoms with Crippen molar-refractivity contribution >= 4 is 5.91 Å². The smallest absolute Gasteiger partial charge is 0.471 e. The number of aliphatic hydroxyl groups is 1. The Balaban J connectivity index is 2.35. The highest BCUT2D eigenvalue weighted by molar-refractivity contribution is 5.81. The second kappa shape index (κ2) is 6.42. The molecule has 2 N–H and O–H groups in total. The highest BCUT2D eigenvalue weighted by Crippen LogP contribution is 2.16. The maximum absolute atomic E-state index is 11.9. The van der Waals surface area contributed by atoms with E-state index < -0.39 is 24.7 Å². The molecule has 0 saturated heterocycles. The molecule has 0 fully saturated rings. The van der Waals surface area contributed by atoms with E-state index in [1.54, 1.807) is 30.4 Å². The summed E-state index contributed by atoms with van der Waals surface area (Å²) in [7, 11) is 0. The summed E-state index contributed by atoms with van der Waals surface area (Å²) >= 11 is 0. The van der Waals surface area contributed by atoms with Crippen LogP contribution in [0.4, 0.5) is 13.2 Å². The second-order valence-electron chi connectivity index (χ2n) is 3.94. The van der Waals surface area contributed by atoms with Gasteiger partial charge in [0.2, 0.25) is 0 Å². The predicted molar refractivity (Wildman–Crippen MR) is 61.7 cm³/mol. The molecule has 1 aromatic carbocycles. The maximum atomic E-state index is 11.9. The van der Waals surface area contributed by atoms with Crippen molar-refractivity contribution in [3.05, 3.63) is 29.8 Å². The van der Waals surface area contributed by atoms with Gasteiger partial charge < -0.3 is 15.2 Å². The molecule has 0 heterocycles. The van der Waals surface area contributed by atoms with Crippen LogP contribution in [-0.4, -0.2) is 36.4 Å². The van der Waals surface area contributed by atoms with Gasteiger partial charge in [-0.3, -0.25) is 4.79 Å². The lowest BCUT2D eigenvalue weighted by Crippen LogP contribution is -2.42. The van der Waals surface area contributed by atoms with E-state index in [-0.39, 0.29) is 6.61 Å². The van der Waals surface area contributed by atoms with E-state index >= 15 is 0 Å². The molecule has 0 aromatic heterocycles. The number of ether oxygens (including phenoxy) is 1. The number of alkyl halides is 3. The van der Waals surface area contributed by atoms with Gasteiger partial charge in [0.1, 0.15) is 18.5 Å². The fourth-order valence-corrected chi connectivity index (χ4v) is 1.27. The van der Waals surface area contributed by atoms with Gasteiger partial charge in [-0.2, -0.15) is 13.2 Å². The average Bonchev–Trinajstić information content (AvgIpc) is 2.33. The number of hydrogen-bond acceptors (Lipinski definition) is 3. The Labute approximate surface area is 108 Å². The quantitative estimate of drug-likeness (QED) is 0.855. The molecule has 0 bridgehead atoms. The van der Waals surface area contributed by atoms with Crippen molar-refractivity contribution in [1.29, 1.82) is 0 Å². The Morgan fingerprint density at radius 1 is 1.42 bits per heavy atom. The normalized spacial score (nSPS) is 12.9. The Morgan fingerprint density at radius 3 is 2.63 bits per heavy atom. The minimum absolute atomic E-state index is 0.205. The standard InChI is InChI=1S/C12H14F3NO3/c1-8-4-2-3-5-10(8)19-7-9(17)6-16-11(18)12(13,14)15/h2-5,9,17H,6-7H2,1H3,(H,16,18). The summed E-state index contributed by atoms with van der Waals surface area (Å²) in [6.45, 7) is 1.07. The van der Waals surface area contributed by atoms with Gasteiger partial charge in [0.15, 0.2) is 0 Å². The van der Waals surface area contributed by atoms with Crippen molar-refractivity contribution in [3.63, 3.8) is 0 Å². The summed E-state index contributed by atoms with van der Waals surface area (Å²) in [6, 6.07) is 7.02. The third kappa shape index (κ3) is 5.17.